The molecule has 2 atom stereocenters. The summed E-state index contributed by atoms with van der Waals surface area (Å²) in [4.78, 5) is 4.09. The molecule has 0 aromatic carbocycles. The average Bonchev–Trinajstić information content (AvgIpc) is 2.97. The molecule has 4 rings (SSSR count). The molecule has 0 radical (unpaired) electrons. The Labute approximate surface area is 154 Å². The third-order valence-electron chi connectivity index (χ3n) is 6.16. The predicted molar refractivity (Wildman–Crippen MR) is 99.1 cm³/mol. The van der Waals surface area contributed by atoms with E-state index in [4.69, 9.17) is 21.1 Å². The molecule has 4 heterocycles. The van der Waals surface area contributed by atoms with Gasteiger partial charge in [-0.1, -0.05) is 11.6 Å². The first-order chi connectivity index (χ1) is 11.7. The van der Waals surface area contributed by atoms with Crippen molar-refractivity contribution >= 4 is 22.9 Å². The number of ether oxygens (including phenoxy) is 2. The first kappa shape index (κ1) is 17.3. The second kappa shape index (κ2) is 7.24. The fourth-order valence-corrected chi connectivity index (χ4v) is 6.18. The van der Waals surface area contributed by atoms with Gasteiger partial charge in [-0.05, 0) is 69.5 Å². The highest BCUT2D eigenvalue weighted by molar-refractivity contribution is 7.16. The summed E-state index contributed by atoms with van der Waals surface area (Å²) in [7, 11) is 0. The Balaban J connectivity index is 1.39. The van der Waals surface area contributed by atoms with Crippen molar-refractivity contribution in [2.75, 3.05) is 32.9 Å². The van der Waals surface area contributed by atoms with Gasteiger partial charge in [-0.3, -0.25) is 0 Å². The lowest BCUT2D eigenvalue weighted by atomic mass is 9.82. The van der Waals surface area contributed by atoms with Gasteiger partial charge < -0.3 is 14.4 Å². The second-order valence-electron chi connectivity index (χ2n) is 7.68. The van der Waals surface area contributed by atoms with Gasteiger partial charge in [-0.25, -0.2) is 0 Å². The van der Waals surface area contributed by atoms with Crippen LogP contribution in [-0.2, 0) is 21.5 Å². The Morgan fingerprint density at radius 1 is 1.33 bits per heavy atom. The first-order valence-corrected chi connectivity index (χ1v) is 10.6. The van der Waals surface area contributed by atoms with E-state index < -0.39 is 0 Å². The summed E-state index contributed by atoms with van der Waals surface area (Å²) < 4.78 is 12.8. The molecule has 3 nitrogen and oxygen atoms in total. The van der Waals surface area contributed by atoms with Crippen LogP contribution in [0.2, 0.25) is 4.34 Å². The first-order valence-electron chi connectivity index (χ1n) is 9.41. The number of hydrogen-bond donors (Lipinski definition) is 0. The largest absolute Gasteiger partial charge is 0.381 e. The van der Waals surface area contributed by atoms with E-state index in [0.29, 0.717) is 6.04 Å². The van der Waals surface area contributed by atoms with E-state index in [0.717, 1.165) is 55.9 Å². The summed E-state index contributed by atoms with van der Waals surface area (Å²) in [6.45, 7) is 7.49. The van der Waals surface area contributed by atoms with Gasteiger partial charge in [-0.15, -0.1) is 11.3 Å². The van der Waals surface area contributed by atoms with Crippen molar-refractivity contribution in [3.05, 3.63) is 20.8 Å². The van der Waals surface area contributed by atoms with Crippen LogP contribution in [0.15, 0.2) is 6.07 Å². The maximum absolute atomic E-state index is 6.37. The number of halogens is 1. The summed E-state index contributed by atoms with van der Waals surface area (Å²) in [5, 5.41) is 0. The van der Waals surface area contributed by atoms with Crippen LogP contribution in [0.5, 0.6) is 0 Å². The van der Waals surface area contributed by atoms with Gasteiger partial charge in [0.25, 0.3) is 0 Å². The number of hydrogen-bond acceptors (Lipinski definition) is 4. The molecule has 1 unspecified atom stereocenters. The van der Waals surface area contributed by atoms with Crippen molar-refractivity contribution in [2.45, 2.75) is 57.1 Å². The smallest absolute Gasteiger partial charge is 0.105 e. The Bertz CT molecular complexity index is 572. The van der Waals surface area contributed by atoms with E-state index in [1.165, 1.54) is 36.2 Å². The molecule has 1 aromatic rings. The minimum atomic E-state index is -0.0695. The third kappa shape index (κ3) is 3.41. The van der Waals surface area contributed by atoms with Crippen molar-refractivity contribution in [3.8, 4) is 0 Å². The normalized spacial score (nSPS) is 32.2. The Hall–Kier alpha value is -0.130. The lowest BCUT2D eigenvalue weighted by Crippen LogP contribution is -2.50. The van der Waals surface area contributed by atoms with E-state index in [2.05, 4.69) is 17.9 Å². The lowest BCUT2D eigenvalue weighted by Gasteiger charge is -2.47. The second-order valence-corrected chi connectivity index (χ2v) is 9.36. The van der Waals surface area contributed by atoms with Gasteiger partial charge in [0.05, 0.1) is 10.9 Å². The van der Waals surface area contributed by atoms with Crippen molar-refractivity contribution in [3.63, 3.8) is 0 Å². The quantitative estimate of drug-likeness (QED) is 0.784. The molecule has 0 bridgehead atoms. The summed E-state index contributed by atoms with van der Waals surface area (Å²) in [5.41, 5.74) is 1.36. The molecule has 0 aliphatic carbocycles. The summed E-state index contributed by atoms with van der Waals surface area (Å²) in [5.74, 6) is 0.857. The highest BCUT2D eigenvalue weighted by Crippen LogP contribution is 2.47. The minimum Gasteiger partial charge on any atom is -0.381 e. The molecule has 134 valence electrons. The van der Waals surface area contributed by atoms with Gasteiger partial charge >= 0.3 is 0 Å². The van der Waals surface area contributed by atoms with E-state index >= 15 is 0 Å². The van der Waals surface area contributed by atoms with Gasteiger partial charge in [0, 0.05) is 30.7 Å². The van der Waals surface area contributed by atoms with Crippen LogP contribution in [-0.4, -0.2) is 43.9 Å². The Morgan fingerprint density at radius 2 is 2.17 bits per heavy atom. The average molecular weight is 370 g/mol. The molecule has 0 saturated carbocycles. The molecule has 3 aliphatic rings. The zero-order chi connectivity index (χ0) is 16.6. The van der Waals surface area contributed by atoms with E-state index in [-0.39, 0.29) is 5.60 Å². The fourth-order valence-electron chi connectivity index (χ4n) is 4.69. The summed E-state index contributed by atoms with van der Waals surface area (Å²) in [6, 6.07) is 2.74. The molecule has 0 amide bonds. The topological polar surface area (TPSA) is 21.7 Å². The molecule has 0 N–H and O–H groups in total. The Kier molecular flexibility index (Phi) is 5.22. The molecule has 1 spiro atoms. The van der Waals surface area contributed by atoms with Crippen molar-refractivity contribution in [1.29, 1.82) is 0 Å². The monoisotopic (exact) mass is 369 g/mol. The number of thiophene rings is 1. The van der Waals surface area contributed by atoms with E-state index in [9.17, 15) is 0 Å². The molecule has 5 heteroatoms. The van der Waals surface area contributed by atoms with Crippen LogP contribution >= 0.6 is 22.9 Å². The zero-order valence-electron chi connectivity index (χ0n) is 14.6. The van der Waals surface area contributed by atoms with Gasteiger partial charge in [0.2, 0.25) is 0 Å². The van der Waals surface area contributed by atoms with Crippen LogP contribution in [0.1, 0.15) is 49.5 Å². The summed E-state index contributed by atoms with van der Waals surface area (Å²) >= 11 is 8.04. The van der Waals surface area contributed by atoms with Crippen LogP contribution in [0.4, 0.5) is 0 Å². The number of nitrogens with zero attached hydrogens (tertiary/aromatic N) is 1. The van der Waals surface area contributed by atoms with Crippen LogP contribution in [0.3, 0.4) is 0 Å². The van der Waals surface area contributed by atoms with Gasteiger partial charge in [-0.2, -0.15) is 0 Å². The molecule has 1 aromatic heterocycles. The molecule has 24 heavy (non-hydrogen) atoms. The zero-order valence-corrected chi connectivity index (χ0v) is 16.1. The van der Waals surface area contributed by atoms with Crippen molar-refractivity contribution in [2.24, 2.45) is 5.92 Å². The van der Waals surface area contributed by atoms with Gasteiger partial charge in [0.1, 0.15) is 5.60 Å². The van der Waals surface area contributed by atoms with Crippen molar-refractivity contribution < 1.29 is 9.47 Å². The maximum atomic E-state index is 6.37. The maximum Gasteiger partial charge on any atom is 0.105 e. The number of likely N-dealkylation sites (tertiary alicyclic amines) is 1. The lowest BCUT2D eigenvalue weighted by molar-refractivity contribution is -0.109. The standard InChI is InChI=1S/C19H28ClNO2S/c1-14-13-19(18-16(5-11-23-19)12-17(20)24-18)6-8-21(14)7-2-15-3-9-22-10-4-15/h12,14-15H,2-11,13H2,1H3/t14-,19?/m0/s1. The fraction of sp³-hybridized carbons (Fsp3) is 0.789. The summed E-state index contributed by atoms with van der Waals surface area (Å²) in [6.07, 6.45) is 7.03. The van der Waals surface area contributed by atoms with Crippen LogP contribution < -0.4 is 0 Å². The predicted octanol–water partition coefficient (Wildman–Crippen LogP) is 4.47. The number of rotatable bonds is 3. The SMILES string of the molecule is C[C@H]1CC2(CCN1CCC1CCOCC1)OCCc1cc(Cl)sc12. The molecular formula is C19H28ClNO2S. The van der Waals surface area contributed by atoms with Crippen LogP contribution in [0.25, 0.3) is 0 Å². The highest BCUT2D eigenvalue weighted by atomic mass is 35.5. The Morgan fingerprint density at radius 3 is 2.96 bits per heavy atom. The molecular weight excluding hydrogens is 342 g/mol. The molecule has 2 fully saturated rings. The van der Waals surface area contributed by atoms with E-state index in [1.54, 1.807) is 11.3 Å². The molecule has 2 saturated heterocycles. The van der Waals surface area contributed by atoms with E-state index in [1.807, 2.05) is 0 Å². The number of piperidine rings is 1. The molecule has 3 aliphatic heterocycles. The third-order valence-corrected chi connectivity index (χ3v) is 7.65. The minimum absolute atomic E-state index is 0.0695. The number of fused-ring (bicyclic) bond motifs is 2. The van der Waals surface area contributed by atoms with Gasteiger partial charge in [0.15, 0.2) is 0 Å². The van der Waals surface area contributed by atoms with Crippen molar-refractivity contribution in [1.82, 2.24) is 4.90 Å². The highest BCUT2D eigenvalue weighted by Gasteiger charge is 2.44. The van der Waals surface area contributed by atoms with Crippen LogP contribution in [0, 0.1) is 5.92 Å².